The number of amides is 2. The third kappa shape index (κ3) is 6.12. The van der Waals surface area contributed by atoms with Crippen molar-refractivity contribution in [2.24, 2.45) is 0 Å². The summed E-state index contributed by atoms with van der Waals surface area (Å²) in [5.41, 5.74) is 12.3. The first-order chi connectivity index (χ1) is 17.0. The minimum Gasteiger partial charge on any atom is -0.397 e. The standard InChI is InChI=1S/C29H28N4O2/c1-2-21-17-24(12-14-26(21)32-28(34)15-10-20-7-6-16-31-19-20)29(35)33-27-18-23(11-13-25(27)30)22-8-4-3-5-9-22/h3-9,11-14,16-19H,2,10,15,30H2,1H3,(H,32,34)(H,33,35). The Morgan fingerprint density at radius 1 is 0.857 bits per heavy atom. The molecule has 6 nitrogen and oxygen atoms in total. The SMILES string of the molecule is CCc1cc(C(=O)Nc2cc(-c3ccccc3)ccc2N)ccc1NC(=O)CCc1cccnc1. The van der Waals surface area contributed by atoms with Gasteiger partial charge in [0.1, 0.15) is 0 Å². The summed E-state index contributed by atoms with van der Waals surface area (Å²) in [7, 11) is 0. The quantitative estimate of drug-likeness (QED) is 0.291. The first-order valence-corrected chi connectivity index (χ1v) is 11.6. The molecule has 4 aromatic rings. The fourth-order valence-corrected chi connectivity index (χ4v) is 3.84. The third-order valence-corrected chi connectivity index (χ3v) is 5.79. The van der Waals surface area contributed by atoms with Crippen LogP contribution in [-0.4, -0.2) is 16.8 Å². The van der Waals surface area contributed by atoms with Gasteiger partial charge in [-0.15, -0.1) is 0 Å². The normalized spacial score (nSPS) is 10.5. The molecule has 2 amide bonds. The highest BCUT2D eigenvalue weighted by atomic mass is 16.2. The fraction of sp³-hybridized carbons (Fsp3) is 0.138. The van der Waals surface area contributed by atoms with Crippen molar-refractivity contribution in [1.82, 2.24) is 4.98 Å². The van der Waals surface area contributed by atoms with Crippen LogP contribution in [0.3, 0.4) is 0 Å². The number of hydrogen-bond acceptors (Lipinski definition) is 4. The van der Waals surface area contributed by atoms with Gasteiger partial charge in [-0.05, 0) is 71.5 Å². The van der Waals surface area contributed by atoms with Crippen LogP contribution < -0.4 is 16.4 Å². The molecular formula is C29H28N4O2. The van der Waals surface area contributed by atoms with E-state index in [-0.39, 0.29) is 11.8 Å². The molecule has 4 N–H and O–H groups in total. The zero-order valence-corrected chi connectivity index (χ0v) is 19.6. The zero-order valence-electron chi connectivity index (χ0n) is 19.6. The number of rotatable bonds is 8. The predicted molar refractivity (Wildman–Crippen MR) is 141 cm³/mol. The lowest BCUT2D eigenvalue weighted by molar-refractivity contribution is -0.116. The van der Waals surface area contributed by atoms with E-state index in [2.05, 4.69) is 15.6 Å². The Morgan fingerprint density at radius 3 is 2.43 bits per heavy atom. The van der Waals surface area contributed by atoms with Gasteiger partial charge in [0.15, 0.2) is 0 Å². The van der Waals surface area contributed by atoms with Crippen LogP contribution in [0.2, 0.25) is 0 Å². The van der Waals surface area contributed by atoms with E-state index in [9.17, 15) is 9.59 Å². The molecular weight excluding hydrogens is 436 g/mol. The maximum absolute atomic E-state index is 13.0. The average molecular weight is 465 g/mol. The van der Waals surface area contributed by atoms with Gasteiger partial charge in [0, 0.05) is 30.1 Å². The molecule has 0 atom stereocenters. The smallest absolute Gasteiger partial charge is 0.255 e. The fourth-order valence-electron chi connectivity index (χ4n) is 3.84. The van der Waals surface area contributed by atoms with Gasteiger partial charge in [-0.3, -0.25) is 14.6 Å². The second-order valence-electron chi connectivity index (χ2n) is 8.26. The van der Waals surface area contributed by atoms with E-state index in [1.54, 1.807) is 30.6 Å². The highest BCUT2D eigenvalue weighted by molar-refractivity contribution is 6.06. The third-order valence-electron chi connectivity index (χ3n) is 5.79. The van der Waals surface area contributed by atoms with Crippen molar-refractivity contribution in [2.75, 3.05) is 16.4 Å². The van der Waals surface area contributed by atoms with Crippen molar-refractivity contribution in [2.45, 2.75) is 26.2 Å². The summed E-state index contributed by atoms with van der Waals surface area (Å²) < 4.78 is 0. The Hall–Kier alpha value is -4.45. The Labute approximate surface area is 205 Å². The van der Waals surface area contributed by atoms with E-state index >= 15 is 0 Å². The Morgan fingerprint density at radius 2 is 1.69 bits per heavy atom. The van der Waals surface area contributed by atoms with Gasteiger partial charge in [-0.1, -0.05) is 49.4 Å². The van der Waals surface area contributed by atoms with Crippen LogP contribution in [-0.2, 0) is 17.6 Å². The molecule has 0 radical (unpaired) electrons. The molecule has 3 aromatic carbocycles. The van der Waals surface area contributed by atoms with Gasteiger partial charge in [-0.2, -0.15) is 0 Å². The van der Waals surface area contributed by atoms with Crippen LogP contribution in [0.1, 0.15) is 34.8 Å². The first kappa shape index (κ1) is 23.7. The summed E-state index contributed by atoms with van der Waals surface area (Å²) in [6.45, 7) is 1.99. The number of benzene rings is 3. The van der Waals surface area contributed by atoms with Crippen LogP contribution in [0, 0.1) is 0 Å². The minimum atomic E-state index is -0.258. The second kappa shape index (κ2) is 11.1. The van der Waals surface area contributed by atoms with E-state index in [1.165, 1.54) is 0 Å². The molecule has 35 heavy (non-hydrogen) atoms. The average Bonchev–Trinajstić information content (AvgIpc) is 2.90. The van der Waals surface area contributed by atoms with Crippen LogP contribution in [0.25, 0.3) is 11.1 Å². The van der Waals surface area contributed by atoms with Gasteiger partial charge in [-0.25, -0.2) is 0 Å². The Kier molecular flexibility index (Phi) is 7.53. The van der Waals surface area contributed by atoms with Crippen LogP contribution >= 0.6 is 0 Å². The number of carbonyl (C=O) groups is 2. The molecule has 0 aliphatic rings. The number of nitrogens with zero attached hydrogens (tertiary/aromatic N) is 1. The van der Waals surface area contributed by atoms with Gasteiger partial charge in [0.05, 0.1) is 11.4 Å². The van der Waals surface area contributed by atoms with Gasteiger partial charge < -0.3 is 16.4 Å². The number of aromatic nitrogens is 1. The topological polar surface area (TPSA) is 97.1 Å². The summed E-state index contributed by atoms with van der Waals surface area (Å²) in [4.78, 5) is 29.6. The lowest BCUT2D eigenvalue weighted by atomic mass is 10.0. The molecule has 1 heterocycles. The van der Waals surface area contributed by atoms with E-state index in [0.717, 1.165) is 22.3 Å². The first-order valence-electron chi connectivity index (χ1n) is 11.6. The number of hydrogen-bond donors (Lipinski definition) is 3. The molecule has 6 heteroatoms. The molecule has 0 fully saturated rings. The van der Waals surface area contributed by atoms with Gasteiger partial charge in [0.25, 0.3) is 5.91 Å². The Bertz CT molecular complexity index is 1320. The van der Waals surface area contributed by atoms with Crippen molar-refractivity contribution < 1.29 is 9.59 Å². The van der Waals surface area contributed by atoms with E-state index in [4.69, 9.17) is 5.73 Å². The van der Waals surface area contributed by atoms with Crippen molar-refractivity contribution >= 4 is 28.9 Å². The number of aryl methyl sites for hydroxylation is 2. The summed E-state index contributed by atoms with van der Waals surface area (Å²) in [5, 5.41) is 5.90. The number of nitrogen functional groups attached to an aromatic ring is 1. The number of nitrogens with one attached hydrogen (secondary N) is 2. The predicted octanol–water partition coefficient (Wildman–Crippen LogP) is 5.72. The minimum absolute atomic E-state index is 0.0775. The molecule has 0 saturated heterocycles. The highest BCUT2D eigenvalue weighted by Crippen LogP contribution is 2.28. The second-order valence-corrected chi connectivity index (χ2v) is 8.26. The molecule has 176 valence electrons. The lowest BCUT2D eigenvalue weighted by Crippen LogP contribution is -2.16. The van der Waals surface area contributed by atoms with Gasteiger partial charge >= 0.3 is 0 Å². The maximum Gasteiger partial charge on any atom is 0.255 e. The molecule has 0 aliphatic carbocycles. The highest BCUT2D eigenvalue weighted by Gasteiger charge is 2.13. The van der Waals surface area contributed by atoms with E-state index in [0.29, 0.717) is 41.9 Å². The van der Waals surface area contributed by atoms with Crippen LogP contribution in [0.15, 0.2) is 91.3 Å². The van der Waals surface area contributed by atoms with E-state index < -0.39 is 0 Å². The van der Waals surface area contributed by atoms with Crippen LogP contribution in [0.4, 0.5) is 17.1 Å². The van der Waals surface area contributed by atoms with Crippen molar-refractivity contribution in [3.05, 3.63) is 108 Å². The molecule has 0 saturated carbocycles. The lowest BCUT2D eigenvalue weighted by Gasteiger charge is -2.14. The number of nitrogens with two attached hydrogens (primary N) is 1. The monoisotopic (exact) mass is 464 g/mol. The summed E-state index contributed by atoms with van der Waals surface area (Å²) in [6.07, 6.45) is 5.12. The summed E-state index contributed by atoms with van der Waals surface area (Å²) in [6, 6.07) is 24.6. The van der Waals surface area contributed by atoms with E-state index in [1.807, 2.05) is 67.6 Å². The summed E-state index contributed by atoms with van der Waals surface area (Å²) in [5.74, 6) is -0.336. The molecule has 0 spiro atoms. The molecule has 1 aromatic heterocycles. The van der Waals surface area contributed by atoms with Crippen molar-refractivity contribution in [3.8, 4) is 11.1 Å². The maximum atomic E-state index is 13.0. The zero-order chi connectivity index (χ0) is 24.6. The van der Waals surface area contributed by atoms with Gasteiger partial charge in [0.2, 0.25) is 5.91 Å². The van der Waals surface area contributed by atoms with Crippen LogP contribution in [0.5, 0.6) is 0 Å². The number of anilines is 3. The van der Waals surface area contributed by atoms with Crippen molar-refractivity contribution in [3.63, 3.8) is 0 Å². The number of carbonyl (C=O) groups excluding carboxylic acids is 2. The number of pyridine rings is 1. The molecule has 0 bridgehead atoms. The molecule has 0 unspecified atom stereocenters. The summed E-state index contributed by atoms with van der Waals surface area (Å²) >= 11 is 0. The Balaban J connectivity index is 1.45. The molecule has 0 aliphatic heterocycles. The molecule has 4 rings (SSSR count). The largest absolute Gasteiger partial charge is 0.397 e. The van der Waals surface area contributed by atoms with Crippen molar-refractivity contribution in [1.29, 1.82) is 0 Å².